The summed E-state index contributed by atoms with van der Waals surface area (Å²) in [5.41, 5.74) is 2.95. The summed E-state index contributed by atoms with van der Waals surface area (Å²) >= 11 is 7.37. The van der Waals surface area contributed by atoms with Gasteiger partial charge in [0.05, 0.1) is 0 Å². The molecule has 110 valence electrons. The fraction of sp³-hybridized carbons (Fsp3) is 0.333. The maximum Gasteiger partial charge on any atom is 0.119 e. The maximum atomic E-state index is 3.69. The van der Waals surface area contributed by atoms with Gasteiger partial charge in [0.25, 0.3) is 0 Å². The molecule has 1 aliphatic rings. The number of benzene rings is 2. The van der Waals surface area contributed by atoms with Gasteiger partial charge in [0.15, 0.2) is 0 Å². The molecule has 2 aromatic rings. The van der Waals surface area contributed by atoms with E-state index in [4.69, 9.17) is 0 Å². The molecule has 3 rings (SSSR count). The molecule has 0 radical (unpaired) electrons. The smallest absolute Gasteiger partial charge is 0.0672 e. The highest BCUT2D eigenvalue weighted by molar-refractivity contribution is 9.10. The van der Waals surface area contributed by atoms with Crippen LogP contribution in [0.25, 0.3) is 11.1 Å². The topological polar surface area (TPSA) is 0 Å². The van der Waals surface area contributed by atoms with E-state index in [0.717, 1.165) is 0 Å². The van der Waals surface area contributed by atoms with E-state index in [0.29, 0.717) is 0 Å². The Balaban J connectivity index is 2.27. The molecule has 0 nitrogen and oxygen atoms in total. The Morgan fingerprint density at radius 1 is 0.857 bits per heavy atom. The van der Waals surface area contributed by atoms with Crippen molar-refractivity contribution in [1.29, 1.82) is 0 Å². The van der Waals surface area contributed by atoms with Crippen molar-refractivity contribution in [2.45, 2.75) is 38.8 Å². The third-order valence-electron chi connectivity index (χ3n) is 4.85. The number of halogens is 2. The van der Waals surface area contributed by atoms with Gasteiger partial charge in [-0.25, -0.2) is 0 Å². The summed E-state index contributed by atoms with van der Waals surface area (Å²) in [6.07, 6.45) is 2.61. The van der Waals surface area contributed by atoms with Gasteiger partial charge in [0.1, 0.15) is 8.07 Å². The largest absolute Gasteiger partial charge is 0.119 e. The lowest BCUT2D eigenvalue weighted by Crippen LogP contribution is -2.54. The summed E-state index contributed by atoms with van der Waals surface area (Å²) in [6, 6.07) is 16.4. The predicted octanol–water partition coefficient (Wildman–Crippen LogP) is 5.58. The minimum atomic E-state index is -1.59. The second kappa shape index (κ2) is 6.02. The minimum absolute atomic E-state index is 1.22. The van der Waals surface area contributed by atoms with E-state index in [1.54, 1.807) is 10.4 Å². The van der Waals surface area contributed by atoms with Crippen LogP contribution in [0.1, 0.15) is 26.7 Å². The van der Waals surface area contributed by atoms with Crippen molar-refractivity contribution in [3.63, 3.8) is 0 Å². The highest BCUT2D eigenvalue weighted by atomic mass is 79.9. The van der Waals surface area contributed by atoms with Gasteiger partial charge >= 0.3 is 0 Å². The summed E-state index contributed by atoms with van der Waals surface area (Å²) in [6.45, 7) is 4.69. The van der Waals surface area contributed by atoms with Crippen LogP contribution in [0.2, 0.25) is 12.1 Å². The normalized spacial score (nSPS) is 14.9. The molecule has 0 bridgehead atoms. The molecule has 0 atom stereocenters. The lowest BCUT2D eigenvalue weighted by atomic mass is 10.1. The average molecular weight is 424 g/mol. The first kappa shape index (κ1) is 15.5. The third kappa shape index (κ3) is 2.47. The zero-order valence-electron chi connectivity index (χ0n) is 12.5. The molecular weight excluding hydrogens is 404 g/mol. The van der Waals surface area contributed by atoms with Crippen LogP contribution in [0.4, 0.5) is 0 Å². The van der Waals surface area contributed by atoms with Crippen LogP contribution >= 0.6 is 31.9 Å². The summed E-state index contributed by atoms with van der Waals surface area (Å²) in [7, 11) is -1.59. The summed E-state index contributed by atoms with van der Waals surface area (Å²) in [4.78, 5) is 0. The van der Waals surface area contributed by atoms with Gasteiger partial charge in [-0.2, -0.15) is 0 Å². The third-order valence-corrected chi connectivity index (χ3v) is 11.1. The Morgan fingerprint density at radius 3 is 1.81 bits per heavy atom. The van der Waals surface area contributed by atoms with Gasteiger partial charge < -0.3 is 0 Å². The van der Waals surface area contributed by atoms with Crippen molar-refractivity contribution >= 4 is 50.3 Å². The standard InChI is InChI=1S/C18H20Br2Si/c1-3-5-10-21(4-2)17-11-13(19)6-8-15(17)16-9-7-14(20)12-18(16)21/h6-9,11-12H,3-5,10H2,1-2H3. The first-order chi connectivity index (χ1) is 10.1. The summed E-state index contributed by atoms with van der Waals surface area (Å²) in [5.74, 6) is 0. The molecule has 0 spiro atoms. The molecule has 0 amide bonds. The van der Waals surface area contributed by atoms with Crippen molar-refractivity contribution < 1.29 is 0 Å². The van der Waals surface area contributed by atoms with E-state index in [1.165, 1.54) is 45.0 Å². The van der Waals surface area contributed by atoms with Crippen molar-refractivity contribution in [2.24, 2.45) is 0 Å². The fourth-order valence-corrected chi connectivity index (χ4v) is 10.1. The molecule has 3 heteroatoms. The van der Waals surface area contributed by atoms with E-state index < -0.39 is 8.07 Å². The molecule has 0 saturated heterocycles. The van der Waals surface area contributed by atoms with Crippen molar-refractivity contribution in [1.82, 2.24) is 0 Å². The molecule has 0 unspecified atom stereocenters. The van der Waals surface area contributed by atoms with Crippen LogP contribution in [0.3, 0.4) is 0 Å². The molecule has 21 heavy (non-hydrogen) atoms. The summed E-state index contributed by atoms with van der Waals surface area (Å²) in [5, 5.41) is 3.28. The first-order valence-corrected chi connectivity index (χ1v) is 11.7. The average Bonchev–Trinajstić information content (AvgIpc) is 2.74. The van der Waals surface area contributed by atoms with E-state index >= 15 is 0 Å². The van der Waals surface area contributed by atoms with Crippen LogP contribution in [0, 0.1) is 0 Å². The van der Waals surface area contributed by atoms with Gasteiger partial charge in [-0.3, -0.25) is 0 Å². The first-order valence-electron chi connectivity index (χ1n) is 7.73. The van der Waals surface area contributed by atoms with Gasteiger partial charge in [0, 0.05) is 8.95 Å². The van der Waals surface area contributed by atoms with Crippen LogP contribution < -0.4 is 10.4 Å². The lowest BCUT2D eigenvalue weighted by molar-refractivity contribution is 0.869. The number of fused-ring (bicyclic) bond motifs is 3. The molecule has 2 aromatic carbocycles. The Kier molecular flexibility index (Phi) is 4.44. The van der Waals surface area contributed by atoms with Crippen molar-refractivity contribution in [3.05, 3.63) is 45.3 Å². The van der Waals surface area contributed by atoms with Gasteiger partial charge in [0.2, 0.25) is 0 Å². The maximum absolute atomic E-state index is 3.69. The number of hydrogen-bond acceptors (Lipinski definition) is 0. The Hall–Kier alpha value is -0.383. The van der Waals surface area contributed by atoms with Crippen molar-refractivity contribution in [3.8, 4) is 11.1 Å². The Labute approximate surface area is 145 Å². The van der Waals surface area contributed by atoms with Crippen LogP contribution in [0.5, 0.6) is 0 Å². The SMILES string of the molecule is CCCC[Si]1(CC)c2cc(Br)ccc2-c2ccc(Br)cc21. The summed E-state index contributed by atoms with van der Waals surface area (Å²) < 4.78 is 2.44. The number of rotatable bonds is 4. The molecule has 0 aromatic heterocycles. The van der Waals surface area contributed by atoms with E-state index in [9.17, 15) is 0 Å². The van der Waals surface area contributed by atoms with Crippen LogP contribution in [-0.4, -0.2) is 8.07 Å². The van der Waals surface area contributed by atoms with Gasteiger partial charge in [-0.05, 0) is 51.8 Å². The fourth-order valence-electron chi connectivity index (χ4n) is 3.75. The second-order valence-electron chi connectivity index (χ2n) is 5.92. The molecule has 1 heterocycles. The van der Waals surface area contributed by atoms with Crippen LogP contribution in [-0.2, 0) is 0 Å². The Bertz CT molecular complexity index is 627. The quantitative estimate of drug-likeness (QED) is 0.563. The Morgan fingerprint density at radius 2 is 1.38 bits per heavy atom. The molecule has 0 fully saturated rings. The molecule has 0 N–H and O–H groups in total. The zero-order chi connectivity index (χ0) is 15.0. The van der Waals surface area contributed by atoms with Gasteiger partial charge in [-0.1, -0.05) is 76.7 Å². The highest BCUT2D eigenvalue weighted by Gasteiger charge is 2.43. The van der Waals surface area contributed by atoms with Crippen LogP contribution in [0.15, 0.2) is 45.3 Å². The van der Waals surface area contributed by atoms with E-state index in [1.807, 2.05) is 0 Å². The van der Waals surface area contributed by atoms with E-state index in [2.05, 4.69) is 82.1 Å². The van der Waals surface area contributed by atoms with Crippen molar-refractivity contribution in [2.75, 3.05) is 0 Å². The zero-order valence-corrected chi connectivity index (χ0v) is 16.7. The number of hydrogen-bond donors (Lipinski definition) is 0. The second-order valence-corrected chi connectivity index (χ2v) is 12.2. The predicted molar refractivity (Wildman–Crippen MR) is 102 cm³/mol. The molecule has 0 aliphatic carbocycles. The van der Waals surface area contributed by atoms with E-state index in [-0.39, 0.29) is 0 Å². The lowest BCUT2D eigenvalue weighted by Gasteiger charge is -2.28. The number of unbranched alkanes of at least 4 members (excludes halogenated alkanes) is 1. The highest BCUT2D eigenvalue weighted by Crippen LogP contribution is 2.35. The molecular formula is C18H20Br2Si. The monoisotopic (exact) mass is 422 g/mol. The molecule has 1 aliphatic heterocycles. The molecule has 0 saturated carbocycles. The minimum Gasteiger partial charge on any atom is -0.0672 e. The van der Waals surface area contributed by atoms with Gasteiger partial charge in [-0.15, -0.1) is 0 Å².